The van der Waals surface area contributed by atoms with E-state index in [1.54, 1.807) is 11.3 Å². The molecular weight excluding hydrogens is 276 g/mol. The molecule has 0 radical (unpaired) electrons. The Morgan fingerprint density at radius 1 is 1.11 bits per heavy atom. The third kappa shape index (κ3) is 2.77. The molecule has 1 aromatic carbocycles. The maximum atomic E-state index is 5.93. The van der Waals surface area contributed by atoms with Gasteiger partial charge in [-0.3, -0.25) is 0 Å². The van der Waals surface area contributed by atoms with Crippen molar-refractivity contribution in [3.63, 3.8) is 0 Å². The summed E-state index contributed by atoms with van der Waals surface area (Å²) in [6, 6.07) is 7.93. The van der Waals surface area contributed by atoms with E-state index < -0.39 is 0 Å². The first-order chi connectivity index (χ1) is 9.24. The number of anilines is 1. The molecular formula is C15H17ClN2S. The van der Waals surface area contributed by atoms with E-state index in [0.717, 1.165) is 21.3 Å². The number of thiazole rings is 1. The lowest BCUT2D eigenvalue weighted by Crippen LogP contribution is -2.29. The van der Waals surface area contributed by atoms with Crippen molar-refractivity contribution >= 4 is 27.9 Å². The molecule has 2 aromatic rings. The predicted molar refractivity (Wildman–Crippen MR) is 83.4 cm³/mol. The van der Waals surface area contributed by atoms with Crippen molar-refractivity contribution in [3.8, 4) is 10.6 Å². The minimum absolute atomic E-state index is 0.772. The van der Waals surface area contributed by atoms with Gasteiger partial charge in [0.15, 0.2) is 0 Å². The molecule has 100 valence electrons. The summed E-state index contributed by atoms with van der Waals surface area (Å²) in [5.41, 5.74) is 2.30. The van der Waals surface area contributed by atoms with E-state index in [9.17, 15) is 0 Å². The molecule has 1 aliphatic heterocycles. The molecule has 3 rings (SSSR count). The van der Waals surface area contributed by atoms with Crippen molar-refractivity contribution < 1.29 is 0 Å². The second kappa shape index (κ2) is 5.51. The third-order valence-corrected chi connectivity index (χ3v) is 5.03. The average Bonchev–Trinajstić information content (AvgIpc) is 2.83. The molecule has 1 fully saturated rings. The lowest BCUT2D eigenvalue weighted by molar-refractivity contribution is 0.579. The number of hydrogen-bond acceptors (Lipinski definition) is 3. The van der Waals surface area contributed by atoms with Gasteiger partial charge in [-0.05, 0) is 38.3 Å². The zero-order valence-corrected chi connectivity index (χ0v) is 12.6. The number of hydrogen-bond donors (Lipinski definition) is 0. The number of aryl methyl sites for hydroxylation is 1. The van der Waals surface area contributed by atoms with Gasteiger partial charge in [0.25, 0.3) is 0 Å². The number of halogens is 1. The Balaban J connectivity index is 1.90. The van der Waals surface area contributed by atoms with Crippen LogP contribution in [0.4, 0.5) is 5.00 Å². The quantitative estimate of drug-likeness (QED) is 0.793. The SMILES string of the molecule is Cc1nc(-c2ccc(Cl)cc2)sc1N1CCCCC1. The van der Waals surface area contributed by atoms with Crippen molar-refractivity contribution in [2.45, 2.75) is 26.2 Å². The van der Waals surface area contributed by atoms with Crippen LogP contribution in [0.25, 0.3) is 10.6 Å². The first-order valence-corrected chi connectivity index (χ1v) is 7.92. The molecule has 0 saturated carbocycles. The van der Waals surface area contributed by atoms with Gasteiger partial charge in [0.2, 0.25) is 0 Å². The van der Waals surface area contributed by atoms with Crippen molar-refractivity contribution in [2.24, 2.45) is 0 Å². The zero-order valence-electron chi connectivity index (χ0n) is 11.0. The van der Waals surface area contributed by atoms with Crippen LogP contribution in [0.1, 0.15) is 25.0 Å². The molecule has 0 N–H and O–H groups in total. The molecule has 0 amide bonds. The smallest absolute Gasteiger partial charge is 0.125 e. The summed E-state index contributed by atoms with van der Waals surface area (Å²) in [5, 5.41) is 3.20. The summed E-state index contributed by atoms with van der Waals surface area (Å²) in [5.74, 6) is 0. The molecule has 1 aromatic heterocycles. The minimum Gasteiger partial charge on any atom is -0.362 e. The largest absolute Gasteiger partial charge is 0.362 e. The van der Waals surface area contributed by atoms with Crippen LogP contribution < -0.4 is 4.90 Å². The fourth-order valence-electron chi connectivity index (χ4n) is 2.49. The lowest BCUT2D eigenvalue weighted by atomic mass is 10.1. The van der Waals surface area contributed by atoms with E-state index in [-0.39, 0.29) is 0 Å². The van der Waals surface area contributed by atoms with Gasteiger partial charge in [0.1, 0.15) is 10.0 Å². The minimum atomic E-state index is 0.772. The average molecular weight is 293 g/mol. The number of piperidine rings is 1. The number of nitrogens with zero attached hydrogens (tertiary/aromatic N) is 2. The van der Waals surface area contributed by atoms with Crippen LogP contribution in [0, 0.1) is 6.92 Å². The van der Waals surface area contributed by atoms with Gasteiger partial charge in [-0.25, -0.2) is 4.98 Å². The van der Waals surface area contributed by atoms with E-state index in [1.165, 1.54) is 37.4 Å². The predicted octanol–water partition coefficient (Wildman–Crippen LogP) is 4.76. The number of rotatable bonds is 2. The van der Waals surface area contributed by atoms with Crippen molar-refractivity contribution in [1.82, 2.24) is 4.98 Å². The van der Waals surface area contributed by atoms with Gasteiger partial charge in [-0.15, -0.1) is 0 Å². The Bertz CT molecular complexity index is 556. The van der Waals surface area contributed by atoms with Crippen LogP contribution in [-0.2, 0) is 0 Å². The van der Waals surface area contributed by atoms with E-state index in [2.05, 4.69) is 11.8 Å². The summed E-state index contributed by atoms with van der Waals surface area (Å²) in [4.78, 5) is 7.20. The maximum absolute atomic E-state index is 5.93. The maximum Gasteiger partial charge on any atom is 0.125 e. The lowest BCUT2D eigenvalue weighted by Gasteiger charge is -2.27. The Labute approximate surface area is 123 Å². The first-order valence-electron chi connectivity index (χ1n) is 6.72. The van der Waals surface area contributed by atoms with Crippen LogP contribution in [0.15, 0.2) is 24.3 Å². The third-order valence-electron chi connectivity index (χ3n) is 3.51. The topological polar surface area (TPSA) is 16.1 Å². The Morgan fingerprint density at radius 3 is 2.47 bits per heavy atom. The van der Waals surface area contributed by atoms with Gasteiger partial charge < -0.3 is 4.90 Å². The van der Waals surface area contributed by atoms with Crippen molar-refractivity contribution in [3.05, 3.63) is 35.0 Å². The first kappa shape index (κ1) is 12.9. The second-order valence-corrected chi connectivity index (χ2v) is 6.38. The molecule has 0 atom stereocenters. The van der Waals surface area contributed by atoms with Crippen molar-refractivity contribution in [2.75, 3.05) is 18.0 Å². The van der Waals surface area contributed by atoms with Crippen LogP contribution in [0.2, 0.25) is 5.02 Å². The molecule has 2 nitrogen and oxygen atoms in total. The zero-order chi connectivity index (χ0) is 13.2. The molecule has 4 heteroatoms. The number of aromatic nitrogens is 1. The van der Waals surface area contributed by atoms with E-state index in [1.807, 2.05) is 24.3 Å². The molecule has 0 aliphatic carbocycles. The van der Waals surface area contributed by atoms with Gasteiger partial charge in [-0.2, -0.15) is 0 Å². The van der Waals surface area contributed by atoms with Crippen LogP contribution in [0.5, 0.6) is 0 Å². The highest BCUT2D eigenvalue weighted by molar-refractivity contribution is 7.19. The highest BCUT2D eigenvalue weighted by Gasteiger charge is 2.17. The Morgan fingerprint density at radius 2 is 1.79 bits per heavy atom. The standard InChI is InChI=1S/C15H17ClN2S/c1-11-15(18-9-3-2-4-10-18)19-14(17-11)12-5-7-13(16)8-6-12/h5-8H,2-4,9-10H2,1H3. The Hall–Kier alpha value is -1.06. The normalized spacial score (nSPS) is 15.8. The van der Waals surface area contributed by atoms with Gasteiger partial charge in [0, 0.05) is 23.7 Å². The highest BCUT2D eigenvalue weighted by atomic mass is 35.5. The second-order valence-electron chi connectivity index (χ2n) is 4.96. The molecule has 19 heavy (non-hydrogen) atoms. The monoisotopic (exact) mass is 292 g/mol. The summed E-state index contributed by atoms with van der Waals surface area (Å²) >= 11 is 7.73. The molecule has 0 bridgehead atoms. The van der Waals surface area contributed by atoms with Gasteiger partial charge in [-0.1, -0.05) is 35.1 Å². The fraction of sp³-hybridized carbons (Fsp3) is 0.400. The van der Waals surface area contributed by atoms with E-state index in [4.69, 9.17) is 16.6 Å². The molecule has 0 unspecified atom stereocenters. The van der Waals surface area contributed by atoms with Crippen LogP contribution in [-0.4, -0.2) is 18.1 Å². The van der Waals surface area contributed by atoms with Gasteiger partial charge >= 0.3 is 0 Å². The van der Waals surface area contributed by atoms with E-state index in [0.29, 0.717) is 0 Å². The summed E-state index contributed by atoms with van der Waals surface area (Å²) in [7, 11) is 0. The van der Waals surface area contributed by atoms with E-state index >= 15 is 0 Å². The summed E-state index contributed by atoms with van der Waals surface area (Å²) < 4.78 is 0. The molecule has 1 saturated heterocycles. The van der Waals surface area contributed by atoms with Crippen LogP contribution in [0.3, 0.4) is 0 Å². The molecule has 0 spiro atoms. The Kier molecular flexibility index (Phi) is 3.76. The highest BCUT2D eigenvalue weighted by Crippen LogP contribution is 2.35. The molecule has 2 heterocycles. The van der Waals surface area contributed by atoms with Crippen molar-refractivity contribution in [1.29, 1.82) is 0 Å². The molecule has 1 aliphatic rings. The number of benzene rings is 1. The summed E-state index contributed by atoms with van der Waals surface area (Å²) in [6.45, 7) is 4.45. The van der Waals surface area contributed by atoms with Crippen LogP contribution >= 0.6 is 22.9 Å². The summed E-state index contributed by atoms with van der Waals surface area (Å²) in [6.07, 6.45) is 3.96. The fourth-order valence-corrected chi connectivity index (χ4v) is 3.75. The van der Waals surface area contributed by atoms with Gasteiger partial charge in [0.05, 0.1) is 5.69 Å².